The number of allylic oxidation sites excluding steroid dienone is 1. The second kappa shape index (κ2) is 11.0. The lowest BCUT2D eigenvalue weighted by molar-refractivity contribution is -0.139. The van der Waals surface area contributed by atoms with Crippen LogP contribution in [-0.2, 0) is 22.4 Å². The molecule has 3 aliphatic carbocycles. The van der Waals surface area contributed by atoms with E-state index in [1.54, 1.807) is 17.0 Å². The molecule has 4 aliphatic rings. The Morgan fingerprint density at radius 1 is 1.08 bits per heavy atom. The van der Waals surface area contributed by atoms with E-state index in [1.165, 1.54) is 6.07 Å². The number of carbonyl (C=O) groups excluding carboxylic acids is 2. The highest BCUT2D eigenvalue weighted by atomic mass is 79.9. The molecule has 0 spiro atoms. The van der Waals surface area contributed by atoms with Gasteiger partial charge in [-0.1, -0.05) is 28.1 Å². The quantitative estimate of drug-likeness (QED) is 0.503. The normalized spacial score (nSPS) is 29.6. The van der Waals surface area contributed by atoms with Gasteiger partial charge in [0.15, 0.2) is 5.82 Å². The van der Waals surface area contributed by atoms with Crippen LogP contribution >= 0.6 is 15.9 Å². The number of rotatable bonds is 3. The number of nitrogens with one attached hydrogen (secondary N) is 1. The van der Waals surface area contributed by atoms with Gasteiger partial charge in [-0.25, -0.2) is 9.37 Å². The molecule has 0 bridgehead atoms. The predicted octanol–water partition coefficient (Wildman–Crippen LogP) is 5.01. The molecule has 2 aromatic rings. The van der Waals surface area contributed by atoms with E-state index in [0.717, 1.165) is 60.7 Å². The molecule has 6 rings (SSSR count). The van der Waals surface area contributed by atoms with Crippen molar-refractivity contribution in [1.29, 1.82) is 0 Å². The van der Waals surface area contributed by atoms with Crippen molar-refractivity contribution in [3.63, 3.8) is 0 Å². The highest BCUT2D eigenvalue weighted by Gasteiger charge is 2.47. The maximum atomic E-state index is 14.7. The number of amides is 2. The number of aromatic nitrogens is 2. The summed E-state index contributed by atoms with van der Waals surface area (Å²) >= 11 is 3.41. The zero-order chi connectivity index (χ0) is 27.1. The highest BCUT2D eigenvalue weighted by molar-refractivity contribution is 9.10. The van der Waals surface area contributed by atoms with Crippen molar-refractivity contribution in [2.75, 3.05) is 13.6 Å². The maximum Gasteiger partial charge on any atom is 0.226 e. The minimum absolute atomic E-state index is 0.00557. The van der Waals surface area contributed by atoms with Gasteiger partial charge in [0, 0.05) is 29.7 Å². The SMILES string of the molecule is CN1CCCC/C=C\[C@@H]2CC2NC(=O)[C@@H]2C[C@@H](Oc3nc(-c4cc(Br)ccc4F)nc4c3CCC4)C[C@H]2C1=O. The van der Waals surface area contributed by atoms with Crippen LogP contribution in [0.3, 0.4) is 0 Å². The van der Waals surface area contributed by atoms with E-state index in [0.29, 0.717) is 42.6 Å². The van der Waals surface area contributed by atoms with Gasteiger partial charge in [-0.3, -0.25) is 9.59 Å². The van der Waals surface area contributed by atoms with Crippen LogP contribution in [0.1, 0.15) is 56.2 Å². The van der Waals surface area contributed by atoms with Crippen molar-refractivity contribution >= 4 is 27.7 Å². The molecule has 2 heterocycles. The Morgan fingerprint density at radius 3 is 2.79 bits per heavy atom. The number of halogens is 2. The van der Waals surface area contributed by atoms with Gasteiger partial charge in [0.2, 0.25) is 17.7 Å². The average molecular weight is 598 g/mol. The summed E-state index contributed by atoms with van der Waals surface area (Å²) in [6.07, 6.45) is 11.4. The van der Waals surface area contributed by atoms with Gasteiger partial charge in [-0.15, -0.1) is 0 Å². The fraction of sp³-hybridized carbons (Fsp3) is 0.533. The van der Waals surface area contributed by atoms with Crippen molar-refractivity contribution in [1.82, 2.24) is 20.2 Å². The zero-order valence-corrected chi connectivity index (χ0v) is 23.8. The van der Waals surface area contributed by atoms with Crippen LogP contribution in [0, 0.1) is 23.6 Å². The third-order valence-corrected chi connectivity index (χ3v) is 9.05. The lowest BCUT2D eigenvalue weighted by atomic mass is 9.93. The van der Waals surface area contributed by atoms with Crippen LogP contribution < -0.4 is 10.1 Å². The molecule has 2 fully saturated rings. The Bertz CT molecular complexity index is 1320. The molecule has 2 saturated carbocycles. The number of ether oxygens (including phenoxy) is 1. The molecule has 5 atom stereocenters. The Hall–Kier alpha value is -2.81. The number of benzene rings is 1. The van der Waals surface area contributed by atoms with Gasteiger partial charge >= 0.3 is 0 Å². The first-order valence-corrected chi connectivity index (χ1v) is 14.9. The van der Waals surface area contributed by atoms with E-state index in [4.69, 9.17) is 4.74 Å². The number of aryl methyl sites for hydroxylation is 1. The van der Waals surface area contributed by atoms with E-state index < -0.39 is 17.7 Å². The van der Waals surface area contributed by atoms with Gasteiger partial charge < -0.3 is 15.0 Å². The van der Waals surface area contributed by atoms with Crippen LogP contribution in [0.15, 0.2) is 34.8 Å². The first kappa shape index (κ1) is 26.4. The van der Waals surface area contributed by atoms with Gasteiger partial charge in [0.25, 0.3) is 0 Å². The highest BCUT2D eigenvalue weighted by Crippen LogP contribution is 2.40. The Balaban J connectivity index is 1.27. The van der Waals surface area contributed by atoms with Crippen molar-refractivity contribution < 1.29 is 18.7 Å². The van der Waals surface area contributed by atoms with Crippen LogP contribution in [0.2, 0.25) is 0 Å². The van der Waals surface area contributed by atoms with Crippen molar-refractivity contribution in [3.8, 4) is 17.3 Å². The van der Waals surface area contributed by atoms with Crippen LogP contribution in [0.4, 0.5) is 4.39 Å². The van der Waals surface area contributed by atoms with E-state index in [-0.39, 0.29) is 24.0 Å². The topological polar surface area (TPSA) is 84.4 Å². The zero-order valence-electron chi connectivity index (χ0n) is 22.2. The van der Waals surface area contributed by atoms with Crippen LogP contribution in [0.25, 0.3) is 11.4 Å². The maximum absolute atomic E-state index is 14.7. The first-order chi connectivity index (χ1) is 18.9. The molecule has 1 aliphatic heterocycles. The number of fused-ring (bicyclic) bond motifs is 3. The largest absolute Gasteiger partial charge is 0.474 e. The van der Waals surface area contributed by atoms with Gasteiger partial charge in [-0.2, -0.15) is 4.98 Å². The average Bonchev–Trinajstić information content (AvgIpc) is 3.27. The molecule has 2 amide bonds. The standard InChI is InChI=1S/C30H34BrFN4O3/c1-36-12-5-3-2-4-7-17-13-26(17)34-28(37)21-15-19(16-22(21)30(36)38)39-29-20-8-6-9-25(20)33-27(35-29)23-14-18(31)10-11-24(23)32/h4,7,10-11,14,17,19,21-22,26H,2-3,5-6,8-9,12-13,15-16H2,1H3,(H,34,37)/b7-4-/t17-,19-,21-,22-,26?/m1/s1. The molecular formula is C30H34BrFN4O3. The number of carbonyl (C=O) groups is 2. The third-order valence-electron chi connectivity index (χ3n) is 8.56. The molecule has 39 heavy (non-hydrogen) atoms. The summed E-state index contributed by atoms with van der Waals surface area (Å²) < 4.78 is 22.0. The first-order valence-electron chi connectivity index (χ1n) is 14.1. The number of hydrogen-bond donors (Lipinski definition) is 1. The summed E-state index contributed by atoms with van der Waals surface area (Å²) in [6.45, 7) is 0.677. The molecule has 7 nitrogen and oxygen atoms in total. The minimum atomic E-state index is -0.449. The van der Waals surface area contributed by atoms with Crippen LogP contribution in [-0.4, -0.2) is 52.4 Å². The molecule has 206 valence electrons. The van der Waals surface area contributed by atoms with Crippen LogP contribution in [0.5, 0.6) is 5.88 Å². The third kappa shape index (κ3) is 5.60. The van der Waals surface area contributed by atoms with Gasteiger partial charge in [-0.05, 0) is 81.9 Å². The van der Waals surface area contributed by atoms with E-state index in [2.05, 4.69) is 43.4 Å². The lowest BCUT2D eigenvalue weighted by Gasteiger charge is -2.24. The minimum Gasteiger partial charge on any atom is -0.474 e. The summed E-state index contributed by atoms with van der Waals surface area (Å²) in [6, 6.07) is 4.86. The summed E-state index contributed by atoms with van der Waals surface area (Å²) in [5.41, 5.74) is 2.15. The van der Waals surface area contributed by atoms with E-state index in [1.807, 2.05) is 7.05 Å². The lowest BCUT2D eigenvalue weighted by Crippen LogP contribution is -2.41. The van der Waals surface area contributed by atoms with Crippen molar-refractivity contribution in [2.45, 2.75) is 69.9 Å². The molecule has 1 aromatic heterocycles. The second-order valence-corrected chi connectivity index (χ2v) is 12.3. The monoisotopic (exact) mass is 596 g/mol. The molecule has 1 unspecified atom stereocenters. The molecule has 0 saturated heterocycles. The Labute approximate surface area is 236 Å². The Morgan fingerprint density at radius 2 is 1.92 bits per heavy atom. The smallest absolute Gasteiger partial charge is 0.226 e. The Kier molecular flexibility index (Phi) is 7.44. The van der Waals surface area contributed by atoms with Crippen molar-refractivity contribution in [2.24, 2.45) is 17.8 Å². The van der Waals surface area contributed by atoms with Gasteiger partial charge in [0.1, 0.15) is 11.9 Å². The molecule has 1 aromatic carbocycles. The van der Waals surface area contributed by atoms with E-state index >= 15 is 0 Å². The molecular weight excluding hydrogens is 563 g/mol. The molecule has 9 heteroatoms. The fourth-order valence-electron chi connectivity index (χ4n) is 6.25. The summed E-state index contributed by atoms with van der Waals surface area (Å²) in [5.74, 6) is -0.199. The van der Waals surface area contributed by atoms with Crippen molar-refractivity contribution in [3.05, 3.63) is 51.9 Å². The summed E-state index contributed by atoms with van der Waals surface area (Å²) in [5, 5.41) is 3.19. The van der Waals surface area contributed by atoms with E-state index in [9.17, 15) is 14.0 Å². The number of hydrogen-bond acceptors (Lipinski definition) is 5. The predicted molar refractivity (Wildman–Crippen MR) is 148 cm³/mol. The number of nitrogens with zero attached hydrogens (tertiary/aromatic N) is 3. The molecule has 1 N–H and O–H groups in total. The summed E-state index contributed by atoms with van der Waals surface area (Å²) in [7, 11) is 1.83. The molecule has 0 radical (unpaired) electrons. The fourth-order valence-corrected chi connectivity index (χ4v) is 6.61. The second-order valence-electron chi connectivity index (χ2n) is 11.4. The summed E-state index contributed by atoms with van der Waals surface area (Å²) in [4.78, 5) is 38.1. The van der Waals surface area contributed by atoms with Gasteiger partial charge in [0.05, 0.1) is 23.1 Å².